The fourth-order valence-electron chi connectivity index (χ4n) is 1.80. The Balaban J connectivity index is 2.14. The summed E-state index contributed by atoms with van der Waals surface area (Å²) in [6.07, 6.45) is 8.97. The van der Waals surface area contributed by atoms with Crippen molar-refractivity contribution in [1.29, 1.82) is 0 Å². The highest BCUT2D eigenvalue weighted by Gasteiger charge is 2.42. The standard InChI is InChI=1S/C12H21NO/c1-4-5-6-7-8-10-9-11(10)12(14)13(2)3/h5-6,10-11H,4,7-9H2,1-3H3. The van der Waals surface area contributed by atoms with Crippen LogP contribution in [-0.2, 0) is 4.79 Å². The molecule has 0 radical (unpaired) electrons. The Hall–Kier alpha value is -0.790. The first-order valence-corrected chi connectivity index (χ1v) is 5.53. The zero-order chi connectivity index (χ0) is 10.6. The van der Waals surface area contributed by atoms with Crippen LogP contribution in [0.2, 0.25) is 0 Å². The molecule has 0 aromatic carbocycles. The van der Waals surface area contributed by atoms with Gasteiger partial charge in [-0.1, -0.05) is 19.1 Å². The molecule has 2 unspecified atom stereocenters. The van der Waals surface area contributed by atoms with E-state index in [2.05, 4.69) is 19.1 Å². The van der Waals surface area contributed by atoms with Crippen LogP contribution in [0, 0.1) is 11.8 Å². The normalized spacial score (nSPS) is 25.4. The number of hydrogen-bond donors (Lipinski definition) is 0. The molecule has 0 spiro atoms. The summed E-state index contributed by atoms with van der Waals surface area (Å²) in [5, 5.41) is 0. The van der Waals surface area contributed by atoms with Gasteiger partial charge in [0.15, 0.2) is 0 Å². The van der Waals surface area contributed by atoms with Crippen molar-refractivity contribution in [1.82, 2.24) is 4.90 Å². The Bertz CT molecular complexity index is 220. The number of rotatable bonds is 5. The summed E-state index contributed by atoms with van der Waals surface area (Å²) < 4.78 is 0. The van der Waals surface area contributed by atoms with E-state index in [0.29, 0.717) is 17.7 Å². The highest BCUT2D eigenvalue weighted by Crippen LogP contribution is 2.43. The van der Waals surface area contributed by atoms with Gasteiger partial charge < -0.3 is 4.90 Å². The molecule has 1 rings (SSSR count). The molecule has 0 bridgehead atoms. The maximum atomic E-state index is 11.5. The number of carbonyl (C=O) groups excluding carboxylic acids is 1. The predicted octanol–water partition coefficient (Wildman–Crippen LogP) is 2.46. The van der Waals surface area contributed by atoms with Gasteiger partial charge in [0.2, 0.25) is 5.91 Å². The predicted molar refractivity (Wildman–Crippen MR) is 59.0 cm³/mol. The fraction of sp³-hybridized carbons (Fsp3) is 0.750. The Morgan fingerprint density at radius 3 is 2.71 bits per heavy atom. The third-order valence-electron chi connectivity index (χ3n) is 2.79. The first-order valence-electron chi connectivity index (χ1n) is 5.53. The van der Waals surface area contributed by atoms with Gasteiger partial charge in [-0.05, 0) is 31.6 Å². The minimum atomic E-state index is 0.314. The van der Waals surface area contributed by atoms with Crippen molar-refractivity contribution in [3.05, 3.63) is 12.2 Å². The molecule has 0 aromatic rings. The van der Waals surface area contributed by atoms with Gasteiger partial charge in [-0.3, -0.25) is 4.79 Å². The summed E-state index contributed by atoms with van der Waals surface area (Å²) in [6.45, 7) is 2.14. The molecule has 0 aromatic heterocycles. The first-order chi connectivity index (χ1) is 6.66. The maximum absolute atomic E-state index is 11.5. The van der Waals surface area contributed by atoms with Crippen LogP contribution in [0.15, 0.2) is 12.2 Å². The molecule has 1 fully saturated rings. The van der Waals surface area contributed by atoms with Gasteiger partial charge in [-0.2, -0.15) is 0 Å². The second-order valence-electron chi connectivity index (χ2n) is 4.29. The second-order valence-corrected chi connectivity index (χ2v) is 4.29. The van der Waals surface area contributed by atoms with Crippen LogP contribution in [0.1, 0.15) is 32.6 Å². The Kier molecular flexibility index (Phi) is 4.18. The Morgan fingerprint density at radius 1 is 1.43 bits per heavy atom. The highest BCUT2D eigenvalue weighted by molar-refractivity contribution is 5.81. The van der Waals surface area contributed by atoms with Gasteiger partial charge in [0, 0.05) is 20.0 Å². The van der Waals surface area contributed by atoms with Gasteiger partial charge in [0.1, 0.15) is 0 Å². The van der Waals surface area contributed by atoms with Crippen LogP contribution in [0.5, 0.6) is 0 Å². The SMILES string of the molecule is CCC=CCCC1CC1C(=O)N(C)C. The van der Waals surface area contributed by atoms with E-state index >= 15 is 0 Å². The second kappa shape index (κ2) is 5.18. The van der Waals surface area contributed by atoms with E-state index in [1.165, 1.54) is 6.42 Å². The van der Waals surface area contributed by atoms with Crippen molar-refractivity contribution in [3.63, 3.8) is 0 Å². The van der Waals surface area contributed by atoms with Crippen LogP contribution in [0.3, 0.4) is 0 Å². The zero-order valence-electron chi connectivity index (χ0n) is 9.49. The van der Waals surface area contributed by atoms with E-state index in [0.717, 1.165) is 19.3 Å². The first kappa shape index (κ1) is 11.3. The third kappa shape index (κ3) is 3.17. The lowest BCUT2D eigenvalue weighted by Gasteiger charge is -2.08. The van der Waals surface area contributed by atoms with E-state index in [1.807, 2.05) is 14.1 Å². The van der Waals surface area contributed by atoms with Crippen molar-refractivity contribution in [2.75, 3.05) is 14.1 Å². The van der Waals surface area contributed by atoms with Crippen molar-refractivity contribution >= 4 is 5.91 Å². The summed E-state index contributed by atoms with van der Waals surface area (Å²) in [5.74, 6) is 1.31. The van der Waals surface area contributed by atoms with Crippen molar-refractivity contribution < 1.29 is 4.79 Å². The lowest BCUT2D eigenvalue weighted by Crippen LogP contribution is -2.23. The summed E-state index contributed by atoms with van der Waals surface area (Å²) in [6, 6.07) is 0. The molecule has 0 saturated heterocycles. The minimum Gasteiger partial charge on any atom is -0.349 e. The monoisotopic (exact) mass is 195 g/mol. The molecular weight excluding hydrogens is 174 g/mol. The van der Waals surface area contributed by atoms with Gasteiger partial charge in [0.25, 0.3) is 0 Å². The van der Waals surface area contributed by atoms with Gasteiger partial charge >= 0.3 is 0 Å². The van der Waals surface area contributed by atoms with E-state index in [9.17, 15) is 4.79 Å². The summed E-state index contributed by atoms with van der Waals surface area (Å²) in [4.78, 5) is 13.2. The summed E-state index contributed by atoms with van der Waals surface area (Å²) >= 11 is 0. The largest absolute Gasteiger partial charge is 0.349 e. The molecule has 2 heteroatoms. The molecule has 1 aliphatic rings. The number of nitrogens with zero attached hydrogens (tertiary/aromatic N) is 1. The van der Waals surface area contributed by atoms with Crippen molar-refractivity contribution in [3.8, 4) is 0 Å². The quantitative estimate of drug-likeness (QED) is 0.617. The highest BCUT2D eigenvalue weighted by atomic mass is 16.2. The molecule has 1 aliphatic carbocycles. The van der Waals surface area contributed by atoms with E-state index in [1.54, 1.807) is 4.90 Å². The third-order valence-corrected chi connectivity index (χ3v) is 2.79. The van der Waals surface area contributed by atoms with Crippen molar-refractivity contribution in [2.24, 2.45) is 11.8 Å². The van der Waals surface area contributed by atoms with Crippen LogP contribution >= 0.6 is 0 Å². The lowest BCUT2D eigenvalue weighted by molar-refractivity contribution is -0.130. The fourth-order valence-corrected chi connectivity index (χ4v) is 1.80. The molecule has 1 amide bonds. The minimum absolute atomic E-state index is 0.314. The van der Waals surface area contributed by atoms with E-state index < -0.39 is 0 Å². The Morgan fingerprint density at radius 2 is 2.14 bits per heavy atom. The maximum Gasteiger partial charge on any atom is 0.225 e. The molecule has 2 atom stereocenters. The average molecular weight is 195 g/mol. The Labute approximate surface area is 87.0 Å². The van der Waals surface area contributed by atoms with Crippen LogP contribution in [0.4, 0.5) is 0 Å². The zero-order valence-corrected chi connectivity index (χ0v) is 9.49. The van der Waals surface area contributed by atoms with Crippen molar-refractivity contribution in [2.45, 2.75) is 32.6 Å². The lowest BCUT2D eigenvalue weighted by atomic mass is 10.1. The van der Waals surface area contributed by atoms with Crippen LogP contribution in [0.25, 0.3) is 0 Å². The molecule has 0 N–H and O–H groups in total. The molecular formula is C12H21NO. The number of carbonyl (C=O) groups is 1. The smallest absolute Gasteiger partial charge is 0.225 e. The molecule has 14 heavy (non-hydrogen) atoms. The molecule has 2 nitrogen and oxygen atoms in total. The summed E-state index contributed by atoms with van der Waals surface area (Å²) in [5.41, 5.74) is 0. The van der Waals surface area contributed by atoms with Crippen LogP contribution in [-0.4, -0.2) is 24.9 Å². The topological polar surface area (TPSA) is 20.3 Å². The molecule has 0 heterocycles. The molecule has 0 aliphatic heterocycles. The van der Waals surface area contributed by atoms with Gasteiger partial charge in [0.05, 0.1) is 0 Å². The van der Waals surface area contributed by atoms with E-state index in [-0.39, 0.29) is 0 Å². The number of amides is 1. The molecule has 1 saturated carbocycles. The average Bonchev–Trinajstić information content (AvgIpc) is 2.90. The number of allylic oxidation sites excluding steroid dienone is 2. The van der Waals surface area contributed by atoms with Gasteiger partial charge in [-0.25, -0.2) is 0 Å². The number of hydrogen-bond acceptors (Lipinski definition) is 1. The molecule has 80 valence electrons. The summed E-state index contributed by atoms with van der Waals surface area (Å²) in [7, 11) is 3.68. The van der Waals surface area contributed by atoms with Gasteiger partial charge in [-0.15, -0.1) is 0 Å². The van der Waals surface area contributed by atoms with Crippen LogP contribution < -0.4 is 0 Å². The van der Waals surface area contributed by atoms with E-state index in [4.69, 9.17) is 0 Å².